The van der Waals surface area contributed by atoms with E-state index in [9.17, 15) is 4.39 Å². The molecule has 3 aliphatic rings. The lowest BCUT2D eigenvalue weighted by atomic mass is 9.68. The number of halogens is 1. The van der Waals surface area contributed by atoms with E-state index in [-0.39, 0.29) is 11.0 Å². The molecule has 5 nitrogen and oxygen atoms in total. The second-order valence-electron chi connectivity index (χ2n) is 8.61. The van der Waals surface area contributed by atoms with Gasteiger partial charge in [0.25, 0.3) is 5.79 Å². The highest BCUT2D eigenvalue weighted by Gasteiger charge is 2.48. The van der Waals surface area contributed by atoms with Crippen molar-refractivity contribution in [1.82, 2.24) is 15.6 Å². The van der Waals surface area contributed by atoms with Gasteiger partial charge in [-0.25, -0.2) is 0 Å². The summed E-state index contributed by atoms with van der Waals surface area (Å²) in [6, 6.07) is 7.82. The van der Waals surface area contributed by atoms with E-state index in [0.717, 1.165) is 50.8 Å². The van der Waals surface area contributed by atoms with Crippen molar-refractivity contribution >= 4 is 0 Å². The van der Waals surface area contributed by atoms with Crippen LogP contribution in [0.1, 0.15) is 50.6 Å². The summed E-state index contributed by atoms with van der Waals surface area (Å²) in [5.74, 6) is -2.09. The quantitative estimate of drug-likeness (QED) is 0.567. The topological polar surface area (TPSA) is 70.0 Å². The zero-order valence-corrected chi connectivity index (χ0v) is 16.8. The highest BCUT2D eigenvalue weighted by molar-refractivity contribution is 5.31. The Morgan fingerprint density at radius 2 is 2.14 bits per heavy atom. The Morgan fingerprint density at radius 1 is 1.28 bits per heavy atom. The molecule has 1 aromatic rings. The van der Waals surface area contributed by atoms with Gasteiger partial charge in [-0.3, -0.25) is 4.98 Å². The zero-order valence-electron chi connectivity index (χ0n) is 16.8. The van der Waals surface area contributed by atoms with Crippen LogP contribution >= 0.6 is 0 Å². The molecule has 4 rings (SSSR count). The second-order valence-corrected chi connectivity index (χ2v) is 8.61. The number of hydrogen-bond acceptors (Lipinski definition) is 5. The lowest BCUT2D eigenvalue weighted by molar-refractivity contribution is -0.104. The smallest absolute Gasteiger partial charge is 0.286 e. The number of alkyl halides is 1. The fourth-order valence-electron chi connectivity index (χ4n) is 5.05. The van der Waals surface area contributed by atoms with Crippen molar-refractivity contribution in [1.29, 1.82) is 5.26 Å². The number of ether oxygens (including phenoxy) is 1. The molecule has 2 N–H and O–H groups in total. The van der Waals surface area contributed by atoms with Crippen molar-refractivity contribution in [2.45, 2.75) is 61.8 Å². The maximum atomic E-state index is 13.8. The van der Waals surface area contributed by atoms with Gasteiger partial charge < -0.3 is 15.4 Å². The van der Waals surface area contributed by atoms with Crippen LogP contribution in [0.5, 0.6) is 0 Å². The molecule has 0 radical (unpaired) electrons. The third-order valence-corrected chi connectivity index (χ3v) is 6.64. The van der Waals surface area contributed by atoms with Crippen molar-refractivity contribution in [3.63, 3.8) is 0 Å². The first-order valence-electron chi connectivity index (χ1n) is 10.6. The molecule has 0 amide bonds. The molecule has 29 heavy (non-hydrogen) atoms. The van der Waals surface area contributed by atoms with Crippen molar-refractivity contribution in [2.75, 3.05) is 19.7 Å². The van der Waals surface area contributed by atoms with Gasteiger partial charge in [0.15, 0.2) is 0 Å². The summed E-state index contributed by atoms with van der Waals surface area (Å²) in [4.78, 5) is 4.73. The lowest BCUT2D eigenvalue weighted by Gasteiger charge is -2.46. The largest absolute Gasteiger partial charge is 0.375 e. The molecule has 1 aromatic heterocycles. The molecule has 0 aromatic carbocycles. The summed E-state index contributed by atoms with van der Waals surface area (Å²) in [6.45, 7) is 2.27. The molecule has 1 saturated heterocycles. The van der Waals surface area contributed by atoms with E-state index in [2.05, 4.69) is 22.8 Å². The van der Waals surface area contributed by atoms with Gasteiger partial charge in [-0.05, 0) is 62.4 Å². The Balaban J connectivity index is 1.40. The third-order valence-electron chi connectivity index (χ3n) is 6.64. The minimum absolute atomic E-state index is 0.0239. The van der Waals surface area contributed by atoms with E-state index in [1.165, 1.54) is 24.6 Å². The standard InChI is InChI=1S/C23H29FN4O/c24-23(18-25)9-6-19(16-28-23)15-26-13-10-21(20-5-1-4-12-27-20)11-14-29-22(17-21)7-2-3-8-22/h1,4-6,9,12,16,26,28H,2-3,7-8,10-11,13-15,17H2/t21-,23?/m1/s1. The molecule has 154 valence electrons. The normalized spacial score (nSPS) is 30.6. The Kier molecular flexibility index (Phi) is 5.71. The van der Waals surface area contributed by atoms with Crippen LogP contribution in [-0.4, -0.2) is 36.1 Å². The fraction of sp³-hybridized carbons (Fsp3) is 0.565. The first kappa shape index (κ1) is 20.1. The molecule has 1 aliphatic carbocycles. The van der Waals surface area contributed by atoms with E-state index >= 15 is 0 Å². The van der Waals surface area contributed by atoms with Crippen LogP contribution in [0.15, 0.2) is 48.3 Å². The Bertz CT molecular complexity index is 812. The van der Waals surface area contributed by atoms with Crippen LogP contribution in [0.3, 0.4) is 0 Å². The van der Waals surface area contributed by atoms with Crippen molar-refractivity contribution in [3.05, 3.63) is 54.0 Å². The van der Waals surface area contributed by atoms with Gasteiger partial charge in [0.2, 0.25) is 0 Å². The molecule has 2 fully saturated rings. The average Bonchev–Trinajstić information content (AvgIpc) is 3.20. The number of rotatable bonds is 6. The summed E-state index contributed by atoms with van der Waals surface area (Å²) in [7, 11) is 0. The van der Waals surface area contributed by atoms with Gasteiger partial charge in [0, 0.05) is 36.7 Å². The van der Waals surface area contributed by atoms with Crippen LogP contribution in [0.25, 0.3) is 0 Å². The van der Waals surface area contributed by atoms with Crippen molar-refractivity contribution < 1.29 is 9.13 Å². The SMILES string of the molecule is N#CC1(F)C=CC(CNCC[C@@]2(c3ccccn3)CCOC3(CCCC3)C2)=CN1. The van der Waals surface area contributed by atoms with E-state index in [1.807, 2.05) is 12.3 Å². The molecule has 1 spiro atoms. The lowest BCUT2D eigenvalue weighted by Crippen LogP contribution is -2.47. The van der Waals surface area contributed by atoms with Crippen molar-refractivity contribution in [2.24, 2.45) is 0 Å². The molecule has 2 atom stereocenters. The van der Waals surface area contributed by atoms with E-state index in [0.29, 0.717) is 6.54 Å². The maximum absolute atomic E-state index is 13.8. The first-order chi connectivity index (χ1) is 14.1. The number of nitrogens with zero attached hydrogens (tertiary/aromatic N) is 2. The predicted octanol–water partition coefficient (Wildman–Crippen LogP) is 3.65. The highest BCUT2D eigenvalue weighted by atomic mass is 19.1. The van der Waals surface area contributed by atoms with Crippen LogP contribution in [-0.2, 0) is 10.2 Å². The molecular formula is C23H29FN4O. The fourth-order valence-corrected chi connectivity index (χ4v) is 5.05. The van der Waals surface area contributed by atoms with Gasteiger partial charge in [-0.15, -0.1) is 0 Å². The minimum atomic E-state index is -2.09. The van der Waals surface area contributed by atoms with Gasteiger partial charge in [0.05, 0.1) is 5.60 Å². The zero-order chi connectivity index (χ0) is 20.2. The molecule has 1 saturated carbocycles. The summed E-state index contributed by atoms with van der Waals surface area (Å²) in [6.07, 6.45) is 14.2. The summed E-state index contributed by atoms with van der Waals surface area (Å²) in [5.41, 5.74) is 2.15. The number of nitrogens with one attached hydrogen (secondary N) is 2. The van der Waals surface area contributed by atoms with Gasteiger partial charge in [-0.1, -0.05) is 25.0 Å². The molecule has 6 heteroatoms. The second kappa shape index (κ2) is 8.25. The maximum Gasteiger partial charge on any atom is 0.286 e. The Morgan fingerprint density at radius 3 is 2.83 bits per heavy atom. The monoisotopic (exact) mass is 396 g/mol. The molecule has 1 unspecified atom stereocenters. The Labute approximate surface area is 172 Å². The Hall–Kier alpha value is -2.23. The van der Waals surface area contributed by atoms with E-state index in [1.54, 1.807) is 18.3 Å². The highest BCUT2D eigenvalue weighted by Crippen LogP contribution is 2.49. The molecule has 3 heterocycles. The number of pyridine rings is 1. The predicted molar refractivity (Wildman–Crippen MR) is 110 cm³/mol. The summed E-state index contributed by atoms with van der Waals surface area (Å²) in [5, 5.41) is 14.8. The summed E-state index contributed by atoms with van der Waals surface area (Å²) < 4.78 is 20.1. The molecule has 2 aliphatic heterocycles. The van der Waals surface area contributed by atoms with Gasteiger partial charge in [0.1, 0.15) is 6.07 Å². The number of hydrogen-bond donors (Lipinski definition) is 2. The van der Waals surface area contributed by atoms with Crippen molar-refractivity contribution in [3.8, 4) is 6.07 Å². The van der Waals surface area contributed by atoms with Crippen LogP contribution in [0.2, 0.25) is 0 Å². The molecular weight excluding hydrogens is 367 g/mol. The average molecular weight is 397 g/mol. The van der Waals surface area contributed by atoms with E-state index in [4.69, 9.17) is 15.0 Å². The molecule has 0 bridgehead atoms. The van der Waals surface area contributed by atoms with Gasteiger partial charge in [-0.2, -0.15) is 9.65 Å². The van der Waals surface area contributed by atoms with Crippen LogP contribution in [0.4, 0.5) is 4.39 Å². The first-order valence-corrected chi connectivity index (χ1v) is 10.6. The van der Waals surface area contributed by atoms with E-state index < -0.39 is 5.79 Å². The number of nitriles is 1. The van der Waals surface area contributed by atoms with Crippen LogP contribution in [0, 0.1) is 11.3 Å². The third kappa shape index (κ3) is 4.36. The number of dihydropyridines is 1. The summed E-state index contributed by atoms with van der Waals surface area (Å²) >= 11 is 0. The minimum Gasteiger partial charge on any atom is -0.375 e. The van der Waals surface area contributed by atoms with Crippen LogP contribution < -0.4 is 10.6 Å². The number of aromatic nitrogens is 1. The van der Waals surface area contributed by atoms with Gasteiger partial charge >= 0.3 is 0 Å².